The third-order valence-electron chi connectivity index (χ3n) is 6.17. The predicted octanol–water partition coefficient (Wildman–Crippen LogP) is 2.88. The quantitative estimate of drug-likeness (QED) is 0.512. The van der Waals surface area contributed by atoms with E-state index in [0.29, 0.717) is 11.3 Å². The van der Waals surface area contributed by atoms with Crippen LogP contribution >= 0.6 is 0 Å². The average molecular weight is 517 g/mol. The van der Waals surface area contributed by atoms with Gasteiger partial charge in [-0.25, -0.2) is 0 Å². The highest BCUT2D eigenvalue weighted by Crippen LogP contribution is 2.30. The number of carbonyl (C=O) groups is 4. The Labute approximate surface area is 222 Å². The number of hydrogen-bond donors (Lipinski definition) is 1. The summed E-state index contributed by atoms with van der Waals surface area (Å²) in [5, 5.41) is 12.5. The molecule has 2 aromatic carbocycles. The first-order valence-electron chi connectivity index (χ1n) is 12.4. The average Bonchev–Trinajstić information content (AvgIpc) is 2.88. The molecule has 0 aliphatic carbocycles. The molecule has 0 radical (unpaired) electrons. The standard InChI is InChI=1S/C29H32N4O5/c1-19(2)28-29(37)33(25(17-32(28)20(3)34)23-13-9-6-10-14-23)18-27(36)31-24(26(16-30)38-21(4)35)15-22-11-7-5-8-12-22/h5-14,17,19,24,26,28H,15,18H2,1-4H3,(H,31,36). The summed E-state index contributed by atoms with van der Waals surface area (Å²) in [6.45, 7) is 5.92. The summed E-state index contributed by atoms with van der Waals surface area (Å²) in [6, 6.07) is 18.5. The summed E-state index contributed by atoms with van der Waals surface area (Å²) in [5.41, 5.74) is 1.91. The molecule has 2 aromatic rings. The van der Waals surface area contributed by atoms with Gasteiger partial charge >= 0.3 is 5.97 Å². The van der Waals surface area contributed by atoms with Gasteiger partial charge < -0.3 is 15.0 Å². The number of nitriles is 1. The maximum atomic E-state index is 13.7. The van der Waals surface area contributed by atoms with E-state index >= 15 is 0 Å². The maximum absolute atomic E-state index is 13.7. The number of ether oxygens (including phenoxy) is 1. The Bertz CT molecular complexity index is 1240. The Kier molecular flexibility index (Phi) is 9.39. The Morgan fingerprint density at radius 1 is 1.03 bits per heavy atom. The zero-order valence-electron chi connectivity index (χ0n) is 22.0. The van der Waals surface area contributed by atoms with E-state index in [1.807, 2.05) is 56.3 Å². The van der Waals surface area contributed by atoms with Crippen molar-refractivity contribution in [1.29, 1.82) is 5.26 Å². The minimum absolute atomic E-state index is 0.205. The zero-order valence-corrected chi connectivity index (χ0v) is 22.0. The third kappa shape index (κ3) is 6.85. The fourth-order valence-electron chi connectivity index (χ4n) is 4.45. The van der Waals surface area contributed by atoms with Gasteiger partial charge in [0.1, 0.15) is 18.7 Å². The van der Waals surface area contributed by atoms with Crippen molar-refractivity contribution in [2.75, 3.05) is 6.54 Å². The summed E-state index contributed by atoms with van der Waals surface area (Å²) in [6.07, 6.45) is 0.615. The molecule has 3 amide bonds. The van der Waals surface area contributed by atoms with E-state index in [-0.39, 0.29) is 30.7 Å². The lowest BCUT2D eigenvalue weighted by Gasteiger charge is -2.40. The van der Waals surface area contributed by atoms with E-state index in [4.69, 9.17) is 4.74 Å². The summed E-state index contributed by atoms with van der Waals surface area (Å²) in [5.74, 6) is -2.05. The van der Waals surface area contributed by atoms with Gasteiger partial charge in [-0.05, 0) is 23.5 Å². The highest BCUT2D eigenvalue weighted by molar-refractivity contribution is 5.99. The number of esters is 1. The third-order valence-corrected chi connectivity index (χ3v) is 6.17. The molecule has 0 fully saturated rings. The van der Waals surface area contributed by atoms with E-state index < -0.39 is 30.1 Å². The zero-order chi connectivity index (χ0) is 27.8. The highest BCUT2D eigenvalue weighted by atomic mass is 16.5. The number of hydrogen-bond acceptors (Lipinski definition) is 6. The molecule has 1 aliphatic heterocycles. The Morgan fingerprint density at radius 3 is 2.16 bits per heavy atom. The SMILES string of the molecule is CC(=O)OC(C#N)C(Cc1ccccc1)NC(=O)CN1C(=O)C(C(C)C)N(C(C)=O)C=C1c1ccccc1. The Balaban J connectivity index is 1.93. The molecule has 3 unspecified atom stereocenters. The van der Waals surface area contributed by atoms with Gasteiger partial charge in [0.05, 0.1) is 11.7 Å². The van der Waals surface area contributed by atoms with E-state index in [1.165, 1.54) is 23.6 Å². The minimum Gasteiger partial charge on any atom is -0.445 e. The molecule has 3 rings (SSSR count). The topological polar surface area (TPSA) is 120 Å². The molecule has 0 bridgehead atoms. The highest BCUT2D eigenvalue weighted by Gasteiger charge is 2.40. The van der Waals surface area contributed by atoms with Crippen LogP contribution in [0.3, 0.4) is 0 Å². The second kappa shape index (κ2) is 12.7. The second-order valence-electron chi connectivity index (χ2n) is 9.44. The molecule has 0 aromatic heterocycles. The van der Waals surface area contributed by atoms with Crippen molar-refractivity contribution in [3.63, 3.8) is 0 Å². The lowest BCUT2D eigenvalue weighted by molar-refractivity contribution is -0.146. The molecule has 0 saturated carbocycles. The molecule has 1 heterocycles. The number of nitrogens with zero attached hydrogens (tertiary/aromatic N) is 3. The molecule has 9 heteroatoms. The summed E-state index contributed by atoms with van der Waals surface area (Å²) < 4.78 is 5.17. The van der Waals surface area contributed by atoms with Crippen molar-refractivity contribution in [2.45, 2.75) is 52.3 Å². The van der Waals surface area contributed by atoms with Gasteiger partial charge in [-0.1, -0.05) is 74.5 Å². The Hall–Kier alpha value is -4.45. The largest absolute Gasteiger partial charge is 0.445 e. The maximum Gasteiger partial charge on any atom is 0.304 e. The van der Waals surface area contributed by atoms with E-state index in [2.05, 4.69) is 5.32 Å². The van der Waals surface area contributed by atoms with Gasteiger partial charge in [0.25, 0.3) is 5.91 Å². The molecular formula is C29H32N4O5. The van der Waals surface area contributed by atoms with Crippen molar-refractivity contribution in [3.05, 3.63) is 78.0 Å². The lowest BCUT2D eigenvalue weighted by atomic mass is 9.97. The molecule has 1 aliphatic rings. The number of carbonyl (C=O) groups excluding carboxylic acids is 4. The number of benzene rings is 2. The van der Waals surface area contributed by atoms with Crippen molar-refractivity contribution >= 4 is 29.4 Å². The minimum atomic E-state index is -1.23. The van der Waals surface area contributed by atoms with E-state index in [1.54, 1.807) is 30.5 Å². The molecule has 1 N–H and O–H groups in total. The molecule has 9 nitrogen and oxygen atoms in total. The van der Waals surface area contributed by atoms with Crippen LogP contribution in [-0.2, 0) is 30.3 Å². The smallest absolute Gasteiger partial charge is 0.304 e. The van der Waals surface area contributed by atoms with Crippen LogP contribution in [-0.4, -0.2) is 58.2 Å². The Morgan fingerprint density at radius 2 is 1.63 bits per heavy atom. The summed E-state index contributed by atoms with van der Waals surface area (Å²) in [4.78, 5) is 53.9. The van der Waals surface area contributed by atoms with Crippen LogP contribution in [0.1, 0.15) is 38.8 Å². The van der Waals surface area contributed by atoms with Gasteiger partial charge in [0, 0.05) is 20.0 Å². The van der Waals surface area contributed by atoms with Crippen LogP contribution in [0, 0.1) is 17.2 Å². The fourth-order valence-corrected chi connectivity index (χ4v) is 4.45. The van der Waals surface area contributed by atoms with Crippen LogP contribution in [0.25, 0.3) is 5.70 Å². The van der Waals surface area contributed by atoms with E-state index in [9.17, 15) is 24.4 Å². The van der Waals surface area contributed by atoms with E-state index in [0.717, 1.165) is 5.56 Å². The van der Waals surface area contributed by atoms with Crippen LogP contribution in [0.15, 0.2) is 66.9 Å². The number of amides is 3. The van der Waals surface area contributed by atoms with Crippen molar-refractivity contribution in [1.82, 2.24) is 15.1 Å². The first kappa shape index (κ1) is 28.1. The van der Waals surface area contributed by atoms with Gasteiger partial charge in [0.2, 0.25) is 17.9 Å². The van der Waals surface area contributed by atoms with Gasteiger partial charge in [-0.2, -0.15) is 5.26 Å². The predicted molar refractivity (Wildman–Crippen MR) is 141 cm³/mol. The first-order chi connectivity index (χ1) is 18.1. The fraction of sp³-hybridized carbons (Fsp3) is 0.345. The second-order valence-corrected chi connectivity index (χ2v) is 9.44. The summed E-state index contributed by atoms with van der Waals surface area (Å²) >= 11 is 0. The molecule has 0 spiro atoms. The molecular weight excluding hydrogens is 484 g/mol. The first-order valence-corrected chi connectivity index (χ1v) is 12.4. The van der Waals surface area contributed by atoms with Crippen molar-refractivity contribution in [3.8, 4) is 6.07 Å². The summed E-state index contributed by atoms with van der Waals surface area (Å²) in [7, 11) is 0. The molecule has 198 valence electrons. The molecule has 38 heavy (non-hydrogen) atoms. The molecule has 3 atom stereocenters. The van der Waals surface area contributed by atoms with Crippen LogP contribution < -0.4 is 5.32 Å². The lowest BCUT2D eigenvalue weighted by Crippen LogP contribution is -2.57. The van der Waals surface area contributed by atoms with Crippen LogP contribution in [0.2, 0.25) is 0 Å². The number of nitrogens with one attached hydrogen (secondary N) is 1. The molecule has 0 saturated heterocycles. The van der Waals surface area contributed by atoms with Crippen LogP contribution in [0.4, 0.5) is 0 Å². The number of rotatable bonds is 9. The normalized spacial score (nSPS) is 16.8. The monoisotopic (exact) mass is 516 g/mol. The van der Waals surface area contributed by atoms with Gasteiger partial charge in [0.15, 0.2) is 0 Å². The van der Waals surface area contributed by atoms with Gasteiger partial charge in [-0.3, -0.25) is 24.1 Å². The van der Waals surface area contributed by atoms with Crippen molar-refractivity contribution < 1.29 is 23.9 Å². The van der Waals surface area contributed by atoms with Crippen molar-refractivity contribution in [2.24, 2.45) is 5.92 Å². The van der Waals surface area contributed by atoms with Gasteiger partial charge in [-0.15, -0.1) is 0 Å². The van der Waals surface area contributed by atoms with Crippen LogP contribution in [0.5, 0.6) is 0 Å².